The lowest BCUT2D eigenvalue weighted by atomic mass is 9.79. The minimum absolute atomic E-state index is 0.116. The fraction of sp³-hybridized carbons (Fsp3) is 0.353. The molecule has 2 unspecified atom stereocenters. The van der Waals surface area contributed by atoms with Crippen molar-refractivity contribution in [3.8, 4) is 0 Å². The van der Waals surface area contributed by atoms with E-state index in [1.165, 1.54) is 11.6 Å². The molecule has 1 aromatic heterocycles. The highest BCUT2D eigenvalue weighted by Gasteiger charge is 2.30. The summed E-state index contributed by atoms with van der Waals surface area (Å²) >= 11 is 0. The van der Waals surface area contributed by atoms with Gasteiger partial charge in [-0.25, -0.2) is 4.39 Å². The van der Waals surface area contributed by atoms with E-state index in [9.17, 15) is 4.39 Å². The van der Waals surface area contributed by atoms with Crippen LogP contribution in [0.2, 0.25) is 0 Å². The number of nitrogens with two attached hydrogens (primary N) is 1. The summed E-state index contributed by atoms with van der Waals surface area (Å²) in [5.74, 6) is 5.76. The first-order valence-corrected chi connectivity index (χ1v) is 7.36. The number of fused-ring (bicyclic) bond motifs is 1. The number of nitrogens with one attached hydrogen (secondary N) is 1. The first-order valence-electron chi connectivity index (χ1n) is 7.36. The molecule has 0 amide bonds. The third-order valence-corrected chi connectivity index (χ3v) is 4.40. The number of aromatic nitrogens is 1. The Morgan fingerprint density at radius 1 is 1.38 bits per heavy atom. The van der Waals surface area contributed by atoms with Crippen LogP contribution in [0, 0.1) is 12.7 Å². The van der Waals surface area contributed by atoms with Gasteiger partial charge in [0.05, 0.1) is 6.04 Å². The summed E-state index contributed by atoms with van der Waals surface area (Å²) in [6.07, 6.45) is 4.99. The molecule has 1 aliphatic carbocycles. The number of hydrazine groups is 1. The van der Waals surface area contributed by atoms with Gasteiger partial charge in [-0.1, -0.05) is 12.1 Å². The van der Waals surface area contributed by atoms with Crippen LogP contribution in [0.5, 0.6) is 0 Å². The smallest absolute Gasteiger partial charge is 0.123 e. The van der Waals surface area contributed by atoms with E-state index in [0.29, 0.717) is 0 Å². The monoisotopic (exact) mass is 285 g/mol. The Hall–Kier alpha value is -1.78. The standard InChI is InChI=1S/C17H20FN3/c1-11-7-8-13(18)10-15(11)17(21-19)14-6-2-4-12-5-3-9-20-16(12)14/h3,5,7-10,14,17,21H,2,4,6,19H2,1H3. The quantitative estimate of drug-likeness (QED) is 0.673. The molecular formula is C17H20FN3. The van der Waals surface area contributed by atoms with Gasteiger partial charge in [-0.2, -0.15) is 0 Å². The van der Waals surface area contributed by atoms with Crippen molar-refractivity contribution in [1.82, 2.24) is 10.4 Å². The van der Waals surface area contributed by atoms with Crippen molar-refractivity contribution in [3.63, 3.8) is 0 Å². The normalized spacial score (nSPS) is 19.1. The highest BCUT2D eigenvalue weighted by Crippen LogP contribution is 2.39. The second-order valence-electron chi connectivity index (χ2n) is 5.69. The van der Waals surface area contributed by atoms with Crippen LogP contribution in [-0.4, -0.2) is 4.98 Å². The number of pyridine rings is 1. The molecule has 0 saturated heterocycles. The molecule has 2 atom stereocenters. The molecule has 0 aliphatic heterocycles. The second-order valence-corrected chi connectivity index (χ2v) is 5.69. The van der Waals surface area contributed by atoms with Crippen molar-refractivity contribution in [2.24, 2.45) is 5.84 Å². The van der Waals surface area contributed by atoms with Crippen molar-refractivity contribution in [2.75, 3.05) is 0 Å². The molecular weight excluding hydrogens is 265 g/mol. The van der Waals surface area contributed by atoms with E-state index in [-0.39, 0.29) is 17.8 Å². The molecule has 0 bridgehead atoms. The lowest BCUT2D eigenvalue weighted by Gasteiger charge is -2.32. The van der Waals surface area contributed by atoms with E-state index in [4.69, 9.17) is 5.84 Å². The van der Waals surface area contributed by atoms with Gasteiger partial charge in [-0.3, -0.25) is 16.3 Å². The summed E-state index contributed by atoms with van der Waals surface area (Å²) in [5, 5.41) is 0. The molecule has 21 heavy (non-hydrogen) atoms. The minimum atomic E-state index is -0.229. The molecule has 1 aromatic carbocycles. The van der Waals surface area contributed by atoms with Gasteiger partial charge < -0.3 is 0 Å². The summed E-state index contributed by atoms with van der Waals surface area (Å²) in [7, 11) is 0. The van der Waals surface area contributed by atoms with Crippen molar-refractivity contribution in [1.29, 1.82) is 0 Å². The SMILES string of the molecule is Cc1ccc(F)cc1C(NN)C1CCCc2cccnc21. The molecule has 0 spiro atoms. The molecule has 0 saturated carbocycles. The van der Waals surface area contributed by atoms with Crippen LogP contribution < -0.4 is 11.3 Å². The number of rotatable bonds is 3. The van der Waals surface area contributed by atoms with E-state index in [2.05, 4.69) is 16.5 Å². The van der Waals surface area contributed by atoms with Crippen LogP contribution >= 0.6 is 0 Å². The Bertz CT molecular complexity index is 642. The summed E-state index contributed by atoms with van der Waals surface area (Å²) in [6.45, 7) is 1.99. The average Bonchev–Trinajstić information content (AvgIpc) is 2.51. The van der Waals surface area contributed by atoms with E-state index in [0.717, 1.165) is 36.1 Å². The van der Waals surface area contributed by atoms with Gasteiger partial charge in [0.1, 0.15) is 5.82 Å². The Balaban J connectivity index is 2.03. The van der Waals surface area contributed by atoms with Crippen LogP contribution in [0.4, 0.5) is 4.39 Å². The predicted molar refractivity (Wildman–Crippen MR) is 81.1 cm³/mol. The highest BCUT2D eigenvalue weighted by atomic mass is 19.1. The Kier molecular flexibility index (Phi) is 3.99. The average molecular weight is 285 g/mol. The first-order chi connectivity index (χ1) is 10.2. The zero-order valence-electron chi connectivity index (χ0n) is 12.1. The maximum Gasteiger partial charge on any atom is 0.123 e. The second kappa shape index (κ2) is 5.92. The van der Waals surface area contributed by atoms with Gasteiger partial charge in [0.15, 0.2) is 0 Å². The molecule has 1 heterocycles. The van der Waals surface area contributed by atoms with Gasteiger partial charge in [-0.05, 0) is 61.1 Å². The van der Waals surface area contributed by atoms with Crippen LogP contribution in [0.1, 0.15) is 47.2 Å². The van der Waals surface area contributed by atoms with Crippen LogP contribution in [0.3, 0.4) is 0 Å². The number of hydrogen-bond donors (Lipinski definition) is 2. The maximum absolute atomic E-state index is 13.6. The number of halogens is 1. The molecule has 110 valence electrons. The number of hydrogen-bond acceptors (Lipinski definition) is 3. The lowest BCUT2D eigenvalue weighted by molar-refractivity contribution is 0.397. The zero-order valence-corrected chi connectivity index (χ0v) is 12.1. The van der Waals surface area contributed by atoms with E-state index in [1.54, 1.807) is 12.1 Å². The van der Waals surface area contributed by atoms with Crippen molar-refractivity contribution < 1.29 is 4.39 Å². The third kappa shape index (κ3) is 2.69. The lowest BCUT2D eigenvalue weighted by Crippen LogP contribution is -2.35. The highest BCUT2D eigenvalue weighted by molar-refractivity contribution is 5.35. The van der Waals surface area contributed by atoms with E-state index >= 15 is 0 Å². The molecule has 4 heteroatoms. The summed E-state index contributed by atoms with van der Waals surface area (Å²) in [6, 6.07) is 8.85. The molecule has 0 radical (unpaired) electrons. The summed E-state index contributed by atoms with van der Waals surface area (Å²) in [4.78, 5) is 4.56. The maximum atomic E-state index is 13.6. The van der Waals surface area contributed by atoms with Crippen LogP contribution in [0.15, 0.2) is 36.5 Å². The Morgan fingerprint density at radius 2 is 2.24 bits per heavy atom. The van der Waals surface area contributed by atoms with E-state index in [1.807, 2.05) is 19.2 Å². The van der Waals surface area contributed by atoms with Gasteiger partial charge >= 0.3 is 0 Å². The van der Waals surface area contributed by atoms with Crippen LogP contribution in [-0.2, 0) is 6.42 Å². The number of aryl methyl sites for hydroxylation is 2. The molecule has 3 rings (SSSR count). The Morgan fingerprint density at radius 3 is 3.05 bits per heavy atom. The molecule has 3 N–H and O–H groups in total. The summed E-state index contributed by atoms with van der Waals surface area (Å²) in [5.41, 5.74) is 7.23. The van der Waals surface area contributed by atoms with Gasteiger partial charge in [-0.15, -0.1) is 0 Å². The van der Waals surface area contributed by atoms with Gasteiger partial charge in [0, 0.05) is 17.8 Å². The van der Waals surface area contributed by atoms with Crippen molar-refractivity contribution in [2.45, 2.75) is 38.1 Å². The molecule has 0 fully saturated rings. The molecule has 2 aromatic rings. The number of nitrogens with zero attached hydrogens (tertiary/aromatic N) is 1. The third-order valence-electron chi connectivity index (χ3n) is 4.40. The van der Waals surface area contributed by atoms with E-state index < -0.39 is 0 Å². The number of benzene rings is 1. The predicted octanol–water partition coefficient (Wildman–Crippen LogP) is 3.15. The fourth-order valence-electron chi connectivity index (χ4n) is 3.34. The Labute approximate surface area is 124 Å². The zero-order chi connectivity index (χ0) is 14.8. The largest absolute Gasteiger partial charge is 0.271 e. The topological polar surface area (TPSA) is 50.9 Å². The van der Waals surface area contributed by atoms with Gasteiger partial charge in [0.25, 0.3) is 0 Å². The summed E-state index contributed by atoms with van der Waals surface area (Å²) < 4.78 is 13.6. The van der Waals surface area contributed by atoms with Crippen molar-refractivity contribution >= 4 is 0 Å². The molecule has 3 nitrogen and oxygen atoms in total. The first kappa shape index (κ1) is 14.2. The minimum Gasteiger partial charge on any atom is -0.271 e. The molecule has 1 aliphatic rings. The van der Waals surface area contributed by atoms with Crippen molar-refractivity contribution in [3.05, 3.63) is 64.7 Å². The van der Waals surface area contributed by atoms with Crippen LogP contribution in [0.25, 0.3) is 0 Å². The van der Waals surface area contributed by atoms with Gasteiger partial charge in [0.2, 0.25) is 0 Å². The fourth-order valence-corrected chi connectivity index (χ4v) is 3.34.